The van der Waals surface area contributed by atoms with E-state index in [1.807, 2.05) is 0 Å². The summed E-state index contributed by atoms with van der Waals surface area (Å²) in [6, 6.07) is 0. The summed E-state index contributed by atoms with van der Waals surface area (Å²) in [5, 5.41) is 12.7. The van der Waals surface area contributed by atoms with Crippen LogP contribution >= 0.6 is 0 Å². The number of methoxy groups -OCH3 is 1. The molecule has 0 amide bonds. The fourth-order valence-electron chi connectivity index (χ4n) is 2.65. The SMILES string of the molecule is CO[C@@H]1C[C@@H](c2onc(C(=O)O)c2C)O[C@@H](C(C)(C)C)C1. The van der Waals surface area contributed by atoms with Crippen molar-refractivity contribution in [2.24, 2.45) is 5.41 Å². The maximum absolute atomic E-state index is 11.1. The molecule has 1 saturated heterocycles. The van der Waals surface area contributed by atoms with Crippen LogP contribution < -0.4 is 0 Å². The van der Waals surface area contributed by atoms with Gasteiger partial charge in [0.1, 0.15) is 6.10 Å². The van der Waals surface area contributed by atoms with Crippen molar-refractivity contribution in [2.75, 3.05) is 7.11 Å². The predicted octanol–water partition coefficient (Wildman–Crippen LogP) is 2.96. The molecule has 0 unspecified atom stereocenters. The molecule has 1 N–H and O–H groups in total. The summed E-state index contributed by atoms with van der Waals surface area (Å²) < 4.78 is 16.9. The van der Waals surface area contributed by atoms with Gasteiger partial charge in [-0.1, -0.05) is 25.9 Å². The van der Waals surface area contributed by atoms with Crippen molar-refractivity contribution in [1.29, 1.82) is 0 Å². The number of ether oxygens (including phenoxy) is 2. The molecule has 6 nitrogen and oxygen atoms in total. The number of aromatic nitrogens is 1. The second kappa shape index (κ2) is 5.77. The number of carbonyl (C=O) groups is 1. The molecule has 1 aromatic heterocycles. The minimum absolute atomic E-state index is 0.0129. The Bertz CT molecular complexity index is 517. The fourth-order valence-corrected chi connectivity index (χ4v) is 2.65. The fraction of sp³-hybridized carbons (Fsp3) is 0.733. The van der Waals surface area contributed by atoms with Crippen LogP contribution in [0.3, 0.4) is 0 Å². The highest BCUT2D eigenvalue weighted by Gasteiger charge is 2.39. The summed E-state index contributed by atoms with van der Waals surface area (Å²) in [6.07, 6.45) is 1.20. The first-order valence-electron chi connectivity index (χ1n) is 7.11. The van der Waals surface area contributed by atoms with Gasteiger partial charge in [-0.2, -0.15) is 0 Å². The van der Waals surface area contributed by atoms with Crippen molar-refractivity contribution in [2.45, 2.75) is 58.8 Å². The van der Waals surface area contributed by atoms with Gasteiger partial charge >= 0.3 is 5.97 Å². The number of hydrogen-bond donors (Lipinski definition) is 1. The lowest BCUT2D eigenvalue weighted by Gasteiger charge is -2.40. The molecule has 1 aliphatic rings. The quantitative estimate of drug-likeness (QED) is 0.923. The van der Waals surface area contributed by atoms with Crippen LogP contribution in [-0.2, 0) is 9.47 Å². The molecule has 3 atom stereocenters. The second-order valence-electron chi connectivity index (χ2n) is 6.63. The molecule has 2 heterocycles. The monoisotopic (exact) mass is 297 g/mol. The Hall–Kier alpha value is -1.40. The van der Waals surface area contributed by atoms with Crippen LogP contribution in [0.15, 0.2) is 4.52 Å². The highest BCUT2D eigenvalue weighted by Crippen LogP contribution is 2.40. The van der Waals surface area contributed by atoms with E-state index < -0.39 is 5.97 Å². The van der Waals surface area contributed by atoms with Gasteiger partial charge < -0.3 is 19.1 Å². The highest BCUT2D eigenvalue weighted by molar-refractivity contribution is 5.87. The van der Waals surface area contributed by atoms with E-state index in [0.29, 0.717) is 17.7 Å². The van der Waals surface area contributed by atoms with Crippen LogP contribution in [0.2, 0.25) is 0 Å². The topological polar surface area (TPSA) is 81.8 Å². The average Bonchev–Trinajstić information content (AvgIpc) is 2.79. The lowest BCUT2D eigenvalue weighted by atomic mass is 9.82. The van der Waals surface area contributed by atoms with Crippen molar-refractivity contribution >= 4 is 5.97 Å². The van der Waals surface area contributed by atoms with Gasteiger partial charge in [-0.05, 0) is 12.3 Å². The lowest BCUT2D eigenvalue weighted by molar-refractivity contribution is -0.150. The highest BCUT2D eigenvalue weighted by atomic mass is 16.5. The van der Waals surface area contributed by atoms with Gasteiger partial charge in [-0.3, -0.25) is 0 Å². The van der Waals surface area contributed by atoms with Gasteiger partial charge in [-0.25, -0.2) is 4.79 Å². The zero-order valence-corrected chi connectivity index (χ0v) is 13.2. The molecule has 1 fully saturated rings. The Kier molecular flexibility index (Phi) is 4.39. The Labute approximate surface area is 124 Å². The maximum atomic E-state index is 11.1. The third-order valence-electron chi connectivity index (χ3n) is 4.04. The van der Waals surface area contributed by atoms with Crippen LogP contribution in [0, 0.1) is 12.3 Å². The van der Waals surface area contributed by atoms with E-state index in [1.165, 1.54) is 0 Å². The largest absolute Gasteiger partial charge is 0.476 e. The number of carboxylic acid groups (broad SMARTS) is 1. The van der Waals surface area contributed by atoms with E-state index in [4.69, 9.17) is 19.1 Å². The maximum Gasteiger partial charge on any atom is 0.358 e. The molecule has 0 bridgehead atoms. The average molecular weight is 297 g/mol. The van der Waals surface area contributed by atoms with Crippen LogP contribution in [-0.4, -0.2) is 35.6 Å². The van der Waals surface area contributed by atoms with E-state index in [0.717, 1.165) is 6.42 Å². The van der Waals surface area contributed by atoms with Gasteiger partial charge in [0.05, 0.1) is 12.2 Å². The minimum atomic E-state index is -1.09. The van der Waals surface area contributed by atoms with E-state index >= 15 is 0 Å². The zero-order valence-electron chi connectivity index (χ0n) is 13.2. The first-order valence-corrected chi connectivity index (χ1v) is 7.11. The molecule has 1 aromatic rings. The molecule has 0 aromatic carbocycles. The first-order chi connectivity index (χ1) is 9.74. The second-order valence-corrected chi connectivity index (χ2v) is 6.63. The van der Waals surface area contributed by atoms with Crippen molar-refractivity contribution in [3.63, 3.8) is 0 Å². The minimum Gasteiger partial charge on any atom is -0.476 e. The van der Waals surface area contributed by atoms with Crippen LogP contribution in [0.4, 0.5) is 0 Å². The number of carboxylic acids is 1. The number of rotatable bonds is 3. The van der Waals surface area contributed by atoms with Gasteiger partial charge in [0, 0.05) is 25.5 Å². The number of nitrogens with zero attached hydrogens (tertiary/aromatic N) is 1. The molecule has 0 saturated carbocycles. The van der Waals surface area contributed by atoms with Gasteiger partial charge in [0.2, 0.25) is 0 Å². The summed E-state index contributed by atoms with van der Waals surface area (Å²) in [4.78, 5) is 11.1. The van der Waals surface area contributed by atoms with Crippen molar-refractivity contribution < 1.29 is 23.9 Å². The van der Waals surface area contributed by atoms with Gasteiger partial charge in [-0.15, -0.1) is 0 Å². The van der Waals surface area contributed by atoms with Crippen LogP contribution in [0.1, 0.15) is 61.5 Å². The Morgan fingerprint density at radius 2 is 2.05 bits per heavy atom. The molecule has 0 radical (unpaired) electrons. The molecule has 1 aliphatic heterocycles. The summed E-state index contributed by atoms with van der Waals surface area (Å²) in [7, 11) is 1.68. The third-order valence-corrected chi connectivity index (χ3v) is 4.04. The van der Waals surface area contributed by atoms with Crippen molar-refractivity contribution in [3.8, 4) is 0 Å². The normalized spacial score (nSPS) is 26.8. The van der Waals surface area contributed by atoms with Crippen molar-refractivity contribution in [3.05, 3.63) is 17.0 Å². The third kappa shape index (κ3) is 3.27. The van der Waals surface area contributed by atoms with Crippen LogP contribution in [0.25, 0.3) is 0 Å². The summed E-state index contributed by atoms with van der Waals surface area (Å²) in [6.45, 7) is 8.04. The van der Waals surface area contributed by atoms with E-state index in [-0.39, 0.29) is 29.4 Å². The van der Waals surface area contributed by atoms with Crippen molar-refractivity contribution in [1.82, 2.24) is 5.16 Å². The molecule has 118 valence electrons. The Balaban J connectivity index is 2.28. The summed E-state index contributed by atoms with van der Waals surface area (Å²) >= 11 is 0. The Morgan fingerprint density at radius 3 is 2.52 bits per heavy atom. The smallest absolute Gasteiger partial charge is 0.358 e. The van der Waals surface area contributed by atoms with E-state index in [1.54, 1.807) is 14.0 Å². The number of hydrogen-bond acceptors (Lipinski definition) is 5. The molecular formula is C15H23NO5. The molecular weight excluding hydrogens is 274 g/mol. The molecule has 21 heavy (non-hydrogen) atoms. The molecule has 0 aliphatic carbocycles. The van der Waals surface area contributed by atoms with Gasteiger partial charge in [0.15, 0.2) is 11.5 Å². The number of aromatic carboxylic acids is 1. The van der Waals surface area contributed by atoms with Crippen LogP contribution in [0.5, 0.6) is 0 Å². The molecule has 0 spiro atoms. The lowest BCUT2D eigenvalue weighted by Crippen LogP contribution is -2.40. The summed E-state index contributed by atoms with van der Waals surface area (Å²) in [5.74, 6) is -0.600. The molecule has 2 rings (SSSR count). The summed E-state index contributed by atoms with van der Waals surface area (Å²) in [5.41, 5.74) is 0.441. The van der Waals surface area contributed by atoms with E-state index in [9.17, 15) is 4.79 Å². The van der Waals surface area contributed by atoms with E-state index in [2.05, 4.69) is 25.9 Å². The van der Waals surface area contributed by atoms with Gasteiger partial charge in [0.25, 0.3) is 0 Å². The first kappa shape index (κ1) is 16.0. The zero-order chi connectivity index (χ0) is 15.8. The predicted molar refractivity (Wildman–Crippen MR) is 75.3 cm³/mol. The molecule has 6 heteroatoms. The Morgan fingerprint density at radius 1 is 1.38 bits per heavy atom. The standard InChI is InChI=1S/C15H23NO5/c1-8-12(14(17)18)16-21-13(8)10-6-9(19-5)7-11(20-10)15(2,3)4/h9-11H,6-7H2,1-5H3,(H,17,18)/t9-,10+,11-/m1/s1.